The normalized spacial score (nSPS) is 21.4. The van der Waals surface area contributed by atoms with Gasteiger partial charge in [-0.1, -0.05) is 6.92 Å². The fourth-order valence-electron chi connectivity index (χ4n) is 3.22. The number of piperidine rings is 1. The zero-order valence-electron chi connectivity index (χ0n) is 11.6. The Hall–Kier alpha value is -1.36. The van der Waals surface area contributed by atoms with Crippen molar-refractivity contribution in [3.8, 4) is 0 Å². The van der Waals surface area contributed by atoms with Crippen molar-refractivity contribution in [2.75, 3.05) is 19.6 Å². The second-order valence-electron chi connectivity index (χ2n) is 5.48. The molecular weight excluding hydrogens is 240 g/mol. The van der Waals surface area contributed by atoms with Crippen LogP contribution >= 0.6 is 0 Å². The molecule has 104 valence electrons. The van der Waals surface area contributed by atoms with E-state index in [9.17, 15) is 4.79 Å². The van der Waals surface area contributed by atoms with Crippen molar-refractivity contribution in [3.63, 3.8) is 0 Å². The van der Waals surface area contributed by atoms with Crippen LogP contribution < -0.4 is 0 Å². The molecule has 0 saturated carbocycles. The van der Waals surface area contributed by atoms with E-state index in [1.54, 1.807) is 0 Å². The molecule has 0 bridgehead atoms. The maximum atomic E-state index is 11.7. The van der Waals surface area contributed by atoms with Crippen LogP contribution in [0.1, 0.15) is 31.9 Å². The fourth-order valence-corrected chi connectivity index (χ4v) is 3.22. The first-order valence-electron chi connectivity index (χ1n) is 7.30. The lowest BCUT2D eigenvalue weighted by Crippen LogP contribution is -2.48. The van der Waals surface area contributed by atoms with E-state index in [0.717, 1.165) is 45.6 Å². The third-order valence-electron chi connectivity index (χ3n) is 4.40. The largest absolute Gasteiger partial charge is 0.343 e. The van der Waals surface area contributed by atoms with Gasteiger partial charge in [0.2, 0.25) is 5.91 Å². The highest BCUT2D eigenvalue weighted by Crippen LogP contribution is 2.21. The van der Waals surface area contributed by atoms with Crippen LogP contribution in [0, 0.1) is 0 Å². The highest BCUT2D eigenvalue weighted by atomic mass is 16.2. The maximum absolute atomic E-state index is 11.7. The summed E-state index contributed by atoms with van der Waals surface area (Å²) in [5.74, 6) is 0.301. The Morgan fingerprint density at radius 2 is 2.11 bits per heavy atom. The smallest absolute Gasteiger partial charge is 0.222 e. The van der Waals surface area contributed by atoms with E-state index in [2.05, 4.69) is 20.7 Å². The Bertz CT molecular complexity index is 448. The number of rotatable bonds is 2. The van der Waals surface area contributed by atoms with E-state index in [1.807, 2.05) is 18.0 Å². The van der Waals surface area contributed by atoms with E-state index in [1.165, 1.54) is 5.69 Å². The minimum atomic E-state index is 0.301. The van der Waals surface area contributed by atoms with Gasteiger partial charge in [0.25, 0.3) is 0 Å². The fraction of sp³-hybridized carbons (Fsp3) is 0.714. The van der Waals surface area contributed by atoms with Crippen molar-refractivity contribution in [2.45, 2.75) is 45.3 Å². The number of fused-ring (bicyclic) bond motifs is 1. The van der Waals surface area contributed by atoms with Crippen LogP contribution in [0.2, 0.25) is 0 Å². The predicted octanol–water partition coefficient (Wildman–Crippen LogP) is 1.10. The van der Waals surface area contributed by atoms with Gasteiger partial charge in [-0.25, -0.2) is 0 Å². The van der Waals surface area contributed by atoms with Gasteiger partial charge in [0.05, 0.1) is 12.2 Å². The van der Waals surface area contributed by atoms with Crippen LogP contribution in [0.4, 0.5) is 0 Å². The number of carbonyl (C=O) groups is 1. The van der Waals surface area contributed by atoms with Gasteiger partial charge in [-0.15, -0.1) is 0 Å². The molecule has 0 atom stereocenters. The molecule has 0 radical (unpaired) electrons. The number of amides is 1. The molecule has 2 aliphatic rings. The van der Waals surface area contributed by atoms with Crippen molar-refractivity contribution in [1.29, 1.82) is 0 Å². The molecule has 1 aromatic rings. The van der Waals surface area contributed by atoms with E-state index in [-0.39, 0.29) is 0 Å². The van der Waals surface area contributed by atoms with Crippen molar-refractivity contribution < 1.29 is 4.79 Å². The summed E-state index contributed by atoms with van der Waals surface area (Å²) < 4.78 is 2.10. The quantitative estimate of drug-likeness (QED) is 0.801. The monoisotopic (exact) mass is 262 g/mol. The molecule has 1 saturated heterocycles. The molecule has 19 heavy (non-hydrogen) atoms. The van der Waals surface area contributed by atoms with Crippen LogP contribution in [-0.2, 0) is 17.9 Å². The molecule has 0 spiro atoms. The van der Waals surface area contributed by atoms with Crippen molar-refractivity contribution in [2.24, 2.45) is 0 Å². The highest BCUT2D eigenvalue weighted by Gasteiger charge is 2.28. The zero-order valence-corrected chi connectivity index (χ0v) is 11.6. The van der Waals surface area contributed by atoms with Gasteiger partial charge in [0.1, 0.15) is 0 Å². The molecule has 1 aromatic heterocycles. The number of hydrogen-bond acceptors (Lipinski definition) is 3. The summed E-state index contributed by atoms with van der Waals surface area (Å²) in [5.41, 5.74) is 1.32. The molecule has 3 heterocycles. The average molecular weight is 262 g/mol. The lowest BCUT2D eigenvalue weighted by atomic mass is 10.0. The van der Waals surface area contributed by atoms with E-state index < -0.39 is 0 Å². The molecule has 0 aliphatic carbocycles. The van der Waals surface area contributed by atoms with Crippen LogP contribution in [0.5, 0.6) is 0 Å². The van der Waals surface area contributed by atoms with Gasteiger partial charge in [0.15, 0.2) is 0 Å². The minimum Gasteiger partial charge on any atom is -0.343 e. The number of likely N-dealkylation sites (tertiary alicyclic amines) is 1. The molecule has 0 unspecified atom stereocenters. The van der Waals surface area contributed by atoms with Gasteiger partial charge < -0.3 is 4.90 Å². The summed E-state index contributed by atoms with van der Waals surface area (Å²) in [6.45, 7) is 6.88. The van der Waals surface area contributed by atoms with E-state index in [0.29, 0.717) is 18.4 Å². The molecule has 3 rings (SSSR count). The van der Waals surface area contributed by atoms with Crippen molar-refractivity contribution in [3.05, 3.63) is 18.0 Å². The average Bonchev–Trinajstić information content (AvgIpc) is 2.94. The Labute approximate surface area is 114 Å². The lowest BCUT2D eigenvalue weighted by molar-refractivity contribution is -0.132. The summed E-state index contributed by atoms with van der Waals surface area (Å²) >= 11 is 0. The third kappa shape index (κ3) is 2.52. The van der Waals surface area contributed by atoms with Crippen molar-refractivity contribution >= 4 is 5.91 Å². The molecule has 5 heteroatoms. The predicted molar refractivity (Wildman–Crippen MR) is 72.5 cm³/mol. The molecule has 1 amide bonds. The van der Waals surface area contributed by atoms with E-state index >= 15 is 0 Å². The van der Waals surface area contributed by atoms with Crippen LogP contribution in [0.3, 0.4) is 0 Å². The SMILES string of the molecule is CCC(=O)N1CCC(N2CCn3nccc3C2)CC1. The lowest BCUT2D eigenvalue weighted by Gasteiger charge is -2.40. The van der Waals surface area contributed by atoms with Gasteiger partial charge in [-0.05, 0) is 18.9 Å². The minimum absolute atomic E-state index is 0.301. The first-order valence-corrected chi connectivity index (χ1v) is 7.30. The number of carbonyl (C=O) groups excluding carboxylic acids is 1. The first-order chi connectivity index (χ1) is 9.28. The standard InChI is InChI=1S/C14H22N4O/c1-2-14(19)16-7-4-12(5-8-16)17-9-10-18-13(11-17)3-6-15-18/h3,6,12H,2,4-5,7-11H2,1H3. The first kappa shape index (κ1) is 12.7. The number of hydrogen-bond donors (Lipinski definition) is 0. The number of nitrogens with zero attached hydrogens (tertiary/aromatic N) is 4. The van der Waals surface area contributed by atoms with Gasteiger partial charge in [0, 0.05) is 44.8 Å². The molecule has 2 aliphatic heterocycles. The van der Waals surface area contributed by atoms with Gasteiger partial charge >= 0.3 is 0 Å². The van der Waals surface area contributed by atoms with Gasteiger partial charge in [-0.2, -0.15) is 5.10 Å². The summed E-state index contributed by atoms with van der Waals surface area (Å²) in [6.07, 6.45) is 4.74. The Morgan fingerprint density at radius 3 is 2.84 bits per heavy atom. The Morgan fingerprint density at radius 1 is 1.32 bits per heavy atom. The third-order valence-corrected chi connectivity index (χ3v) is 4.40. The second kappa shape index (κ2) is 5.33. The summed E-state index contributed by atoms with van der Waals surface area (Å²) in [6, 6.07) is 2.74. The molecule has 0 N–H and O–H groups in total. The maximum Gasteiger partial charge on any atom is 0.222 e. The summed E-state index contributed by atoms with van der Waals surface area (Å²) in [4.78, 5) is 16.3. The van der Waals surface area contributed by atoms with Crippen LogP contribution in [-0.4, -0.2) is 51.2 Å². The topological polar surface area (TPSA) is 41.4 Å². The zero-order chi connectivity index (χ0) is 13.2. The van der Waals surface area contributed by atoms with Crippen LogP contribution in [0.15, 0.2) is 12.3 Å². The van der Waals surface area contributed by atoms with Crippen molar-refractivity contribution in [1.82, 2.24) is 19.6 Å². The van der Waals surface area contributed by atoms with Gasteiger partial charge in [-0.3, -0.25) is 14.4 Å². The highest BCUT2D eigenvalue weighted by molar-refractivity contribution is 5.75. The molecule has 1 fully saturated rings. The van der Waals surface area contributed by atoms with Crippen LogP contribution in [0.25, 0.3) is 0 Å². The molecule has 5 nitrogen and oxygen atoms in total. The Kier molecular flexibility index (Phi) is 3.55. The summed E-state index contributed by atoms with van der Waals surface area (Å²) in [5, 5.41) is 4.32. The Balaban J connectivity index is 1.57. The van der Waals surface area contributed by atoms with E-state index in [4.69, 9.17) is 0 Å². The second-order valence-corrected chi connectivity index (χ2v) is 5.48. The molecular formula is C14H22N4O. The number of aromatic nitrogens is 2. The summed E-state index contributed by atoms with van der Waals surface area (Å²) in [7, 11) is 0. The molecule has 0 aromatic carbocycles.